The molecule has 2 atom stereocenters. The summed E-state index contributed by atoms with van der Waals surface area (Å²) in [6.07, 6.45) is 3.80. The van der Waals surface area contributed by atoms with E-state index in [-0.39, 0.29) is 6.04 Å². The van der Waals surface area contributed by atoms with Crippen LogP contribution in [0.5, 0.6) is 0 Å². The van der Waals surface area contributed by atoms with Gasteiger partial charge in [0.05, 0.1) is 12.0 Å². The first-order valence-electron chi connectivity index (χ1n) is 6.19. The Morgan fingerprint density at radius 1 is 1.19 bits per heavy atom. The molecule has 0 radical (unpaired) electrons. The Morgan fingerprint density at radius 3 is 2.31 bits per heavy atom. The predicted octanol–water partition coefficient (Wildman–Crippen LogP) is 2.83. The lowest BCUT2D eigenvalue weighted by Gasteiger charge is -2.21. The number of nitrogens with zero attached hydrogens (tertiary/aromatic N) is 2. The number of rotatable bonds is 5. The molecule has 3 nitrogen and oxygen atoms in total. The lowest BCUT2D eigenvalue weighted by Crippen LogP contribution is -2.22. The first kappa shape index (κ1) is 13.2. The summed E-state index contributed by atoms with van der Waals surface area (Å²) in [4.78, 5) is 4.22. The van der Waals surface area contributed by atoms with Crippen molar-refractivity contribution in [1.82, 2.24) is 9.55 Å². The minimum Gasteiger partial charge on any atom is -0.333 e. The van der Waals surface area contributed by atoms with Crippen LogP contribution in [-0.4, -0.2) is 9.55 Å². The second-order valence-electron chi connectivity index (χ2n) is 5.46. The third-order valence-corrected chi connectivity index (χ3v) is 3.43. The van der Waals surface area contributed by atoms with Crippen LogP contribution < -0.4 is 5.73 Å². The Kier molecular flexibility index (Phi) is 4.54. The smallest absolute Gasteiger partial charge is 0.0948 e. The molecule has 1 rings (SSSR count). The molecule has 0 amide bonds. The minimum absolute atomic E-state index is 0.0851. The highest BCUT2D eigenvalue weighted by Crippen LogP contribution is 2.21. The van der Waals surface area contributed by atoms with Crippen LogP contribution in [0.2, 0.25) is 0 Å². The molecular weight excluding hydrogens is 198 g/mol. The summed E-state index contributed by atoms with van der Waals surface area (Å²) < 4.78 is 2.20. The van der Waals surface area contributed by atoms with Crippen LogP contribution in [0.15, 0.2) is 12.5 Å². The highest BCUT2D eigenvalue weighted by atomic mass is 15.1. The molecule has 1 heterocycles. The molecule has 0 aliphatic rings. The largest absolute Gasteiger partial charge is 0.333 e. The van der Waals surface area contributed by atoms with Crippen LogP contribution in [0.3, 0.4) is 0 Å². The van der Waals surface area contributed by atoms with Crippen molar-refractivity contribution in [2.45, 2.75) is 47.2 Å². The monoisotopic (exact) mass is 223 g/mol. The van der Waals surface area contributed by atoms with E-state index in [4.69, 9.17) is 5.73 Å². The Balaban J connectivity index is 2.78. The molecule has 0 aliphatic heterocycles. The van der Waals surface area contributed by atoms with E-state index in [1.54, 1.807) is 0 Å². The Morgan fingerprint density at radius 2 is 1.81 bits per heavy atom. The van der Waals surface area contributed by atoms with Gasteiger partial charge in [0.2, 0.25) is 0 Å². The molecule has 0 aromatic carbocycles. The molecule has 2 unspecified atom stereocenters. The van der Waals surface area contributed by atoms with Crippen LogP contribution >= 0.6 is 0 Å². The fourth-order valence-electron chi connectivity index (χ4n) is 1.62. The highest BCUT2D eigenvalue weighted by molar-refractivity contribution is 5.05. The molecule has 16 heavy (non-hydrogen) atoms. The average Bonchev–Trinajstić information content (AvgIpc) is 2.64. The van der Waals surface area contributed by atoms with Crippen molar-refractivity contribution in [1.29, 1.82) is 0 Å². The fraction of sp³-hybridized carbons (Fsp3) is 0.769. The van der Waals surface area contributed by atoms with Gasteiger partial charge in [0, 0.05) is 18.8 Å². The lowest BCUT2D eigenvalue weighted by atomic mass is 9.97. The van der Waals surface area contributed by atoms with Crippen molar-refractivity contribution in [2.75, 3.05) is 0 Å². The van der Waals surface area contributed by atoms with E-state index in [1.165, 1.54) is 0 Å². The Bertz CT molecular complexity index is 315. The van der Waals surface area contributed by atoms with Gasteiger partial charge < -0.3 is 10.3 Å². The normalized spacial score (nSPS) is 15.8. The first-order valence-corrected chi connectivity index (χ1v) is 6.19. The number of imidazole rings is 1. The van der Waals surface area contributed by atoms with Crippen LogP contribution in [0.25, 0.3) is 0 Å². The van der Waals surface area contributed by atoms with Crippen molar-refractivity contribution < 1.29 is 0 Å². The molecule has 92 valence electrons. The third-order valence-electron chi connectivity index (χ3n) is 3.43. The van der Waals surface area contributed by atoms with Gasteiger partial charge >= 0.3 is 0 Å². The van der Waals surface area contributed by atoms with E-state index in [0.717, 1.165) is 12.2 Å². The lowest BCUT2D eigenvalue weighted by molar-refractivity contribution is 0.351. The summed E-state index contributed by atoms with van der Waals surface area (Å²) in [5, 5.41) is 0. The number of nitrogens with two attached hydrogens (primary N) is 1. The number of hydrogen-bond acceptors (Lipinski definition) is 2. The third kappa shape index (κ3) is 3.08. The summed E-state index contributed by atoms with van der Waals surface area (Å²) in [6.45, 7) is 12.1. The van der Waals surface area contributed by atoms with Gasteiger partial charge in [-0.25, -0.2) is 4.98 Å². The van der Waals surface area contributed by atoms with Gasteiger partial charge in [-0.3, -0.25) is 0 Å². The number of hydrogen-bond donors (Lipinski definition) is 1. The van der Waals surface area contributed by atoms with Crippen molar-refractivity contribution in [2.24, 2.45) is 23.5 Å². The second-order valence-corrected chi connectivity index (χ2v) is 5.46. The van der Waals surface area contributed by atoms with E-state index >= 15 is 0 Å². The minimum atomic E-state index is 0.0851. The van der Waals surface area contributed by atoms with Crippen LogP contribution in [0.4, 0.5) is 0 Å². The summed E-state index contributed by atoms with van der Waals surface area (Å²) >= 11 is 0. The van der Waals surface area contributed by atoms with Gasteiger partial charge in [0.25, 0.3) is 0 Å². The topological polar surface area (TPSA) is 43.8 Å². The Hall–Kier alpha value is -0.830. The van der Waals surface area contributed by atoms with Crippen LogP contribution in [0.1, 0.15) is 46.4 Å². The van der Waals surface area contributed by atoms with Gasteiger partial charge in [0.1, 0.15) is 0 Å². The molecule has 0 bridgehead atoms. The Labute approximate surface area is 99.1 Å². The highest BCUT2D eigenvalue weighted by Gasteiger charge is 2.17. The molecule has 0 spiro atoms. The molecule has 3 heteroatoms. The summed E-state index contributed by atoms with van der Waals surface area (Å²) in [5.74, 6) is 1.78. The fourth-order valence-corrected chi connectivity index (χ4v) is 1.62. The summed E-state index contributed by atoms with van der Waals surface area (Å²) in [5.41, 5.74) is 7.33. The zero-order valence-electron chi connectivity index (χ0n) is 11.1. The van der Waals surface area contributed by atoms with Gasteiger partial charge in [-0.1, -0.05) is 34.6 Å². The number of aromatic nitrogens is 2. The van der Waals surface area contributed by atoms with E-state index in [2.05, 4.69) is 44.2 Å². The first-order chi connectivity index (χ1) is 7.43. The van der Waals surface area contributed by atoms with Crippen molar-refractivity contribution in [3.05, 3.63) is 18.2 Å². The van der Waals surface area contributed by atoms with Crippen LogP contribution in [-0.2, 0) is 6.54 Å². The zero-order valence-corrected chi connectivity index (χ0v) is 11.1. The maximum absolute atomic E-state index is 6.17. The second kappa shape index (κ2) is 5.48. The van der Waals surface area contributed by atoms with Gasteiger partial charge in [0.15, 0.2) is 0 Å². The average molecular weight is 223 g/mol. The maximum Gasteiger partial charge on any atom is 0.0948 e. The van der Waals surface area contributed by atoms with Gasteiger partial charge in [-0.2, -0.15) is 0 Å². The predicted molar refractivity (Wildman–Crippen MR) is 68.0 cm³/mol. The molecular formula is C13H25N3. The summed E-state index contributed by atoms with van der Waals surface area (Å²) in [6, 6.07) is 0.0851. The molecule has 1 aromatic heterocycles. The quantitative estimate of drug-likeness (QED) is 0.834. The van der Waals surface area contributed by atoms with Crippen molar-refractivity contribution >= 4 is 0 Å². The maximum atomic E-state index is 6.17. The molecule has 0 aliphatic carbocycles. The molecule has 0 fully saturated rings. The molecule has 2 N–H and O–H groups in total. The molecule has 1 aromatic rings. The molecule has 0 saturated carbocycles. The van der Waals surface area contributed by atoms with Gasteiger partial charge in [-0.05, 0) is 17.8 Å². The molecule has 0 saturated heterocycles. The van der Waals surface area contributed by atoms with E-state index in [1.807, 2.05) is 12.5 Å². The summed E-state index contributed by atoms with van der Waals surface area (Å²) in [7, 11) is 0. The van der Waals surface area contributed by atoms with Crippen molar-refractivity contribution in [3.63, 3.8) is 0 Å². The van der Waals surface area contributed by atoms with Crippen LogP contribution in [0, 0.1) is 17.8 Å². The SMILES string of the molecule is CC(C)C(C)Cn1cncc1C(N)C(C)C. The zero-order chi connectivity index (χ0) is 12.3. The standard InChI is InChI=1S/C13H25N3/c1-9(2)11(5)7-16-8-15-6-12(16)13(14)10(3)4/h6,8-11,13H,7,14H2,1-5H3. The van der Waals surface area contributed by atoms with Crippen molar-refractivity contribution in [3.8, 4) is 0 Å². The van der Waals surface area contributed by atoms with Gasteiger partial charge in [-0.15, -0.1) is 0 Å². The van der Waals surface area contributed by atoms with E-state index < -0.39 is 0 Å². The van der Waals surface area contributed by atoms with E-state index in [9.17, 15) is 0 Å². The van der Waals surface area contributed by atoms with E-state index in [0.29, 0.717) is 17.8 Å².